The summed E-state index contributed by atoms with van der Waals surface area (Å²) < 4.78 is 0. The smallest absolute Gasteiger partial charge is 0.138 e. The maximum absolute atomic E-state index is 11.2. The molecular weight excluding hydrogens is 488 g/mol. The van der Waals surface area contributed by atoms with E-state index in [0.29, 0.717) is 50.1 Å². The van der Waals surface area contributed by atoms with Crippen LogP contribution in [0.2, 0.25) is 0 Å². The summed E-state index contributed by atoms with van der Waals surface area (Å²) in [5.41, 5.74) is 2.57. The van der Waals surface area contributed by atoms with Crippen molar-refractivity contribution in [3.63, 3.8) is 0 Å². The van der Waals surface area contributed by atoms with E-state index in [2.05, 4.69) is 62.4 Å². The molecule has 3 heterocycles. The minimum absolute atomic E-state index is 0.238. The van der Waals surface area contributed by atoms with Crippen LogP contribution in [0.1, 0.15) is 50.7 Å². The maximum Gasteiger partial charge on any atom is 0.138 e. The molecule has 0 aliphatic carbocycles. The predicted octanol–water partition coefficient (Wildman–Crippen LogP) is 4.86. The molecule has 3 aromatic rings. The van der Waals surface area contributed by atoms with E-state index in [0.717, 1.165) is 36.8 Å². The van der Waals surface area contributed by atoms with Gasteiger partial charge in [0.2, 0.25) is 0 Å². The van der Waals surface area contributed by atoms with E-state index in [9.17, 15) is 10.2 Å². The number of aromatic nitrogens is 2. The highest BCUT2D eigenvalue weighted by Crippen LogP contribution is 2.32. The molecule has 208 valence electrons. The van der Waals surface area contributed by atoms with Gasteiger partial charge in [0.05, 0.1) is 11.3 Å². The Bertz CT molecular complexity index is 1220. The Balaban J connectivity index is 1.10. The van der Waals surface area contributed by atoms with Crippen molar-refractivity contribution in [2.45, 2.75) is 58.2 Å². The third-order valence-electron chi connectivity index (χ3n) is 8.27. The van der Waals surface area contributed by atoms with Crippen molar-refractivity contribution >= 4 is 17.3 Å². The Labute approximate surface area is 232 Å². The van der Waals surface area contributed by atoms with Crippen LogP contribution in [0.15, 0.2) is 60.9 Å². The summed E-state index contributed by atoms with van der Waals surface area (Å²) in [6, 6.07) is 18.1. The maximum atomic E-state index is 11.2. The summed E-state index contributed by atoms with van der Waals surface area (Å²) in [5, 5.41) is 28.6. The fourth-order valence-corrected chi connectivity index (χ4v) is 5.39. The van der Waals surface area contributed by atoms with Gasteiger partial charge in [-0.1, -0.05) is 50.2 Å². The lowest BCUT2D eigenvalue weighted by atomic mass is 9.82. The van der Waals surface area contributed by atoms with E-state index in [-0.39, 0.29) is 5.75 Å². The van der Waals surface area contributed by atoms with Crippen LogP contribution in [-0.4, -0.2) is 63.4 Å². The molecule has 2 aliphatic rings. The second kappa shape index (κ2) is 11.8. The highest BCUT2D eigenvalue weighted by atomic mass is 16.3. The average molecular weight is 531 g/mol. The fourth-order valence-electron chi connectivity index (χ4n) is 5.39. The predicted molar refractivity (Wildman–Crippen MR) is 157 cm³/mol. The first-order chi connectivity index (χ1) is 18.8. The first-order valence-electron chi connectivity index (χ1n) is 14.1. The standard InChI is InChI=1S/C31H42N6O2/c1-30(2)10-14-36(15-11-30)21-25-8-9-26(27(38)18-25)33-22-31(39)12-16-37(17-13-31)29-19-28(34-23-35-29)32-20-24-6-4-3-5-7-24/h3-9,18-19,23,33,38-39H,10-17,20-22H2,1-2H3,(H,32,34,35). The van der Waals surface area contributed by atoms with Crippen LogP contribution in [0.25, 0.3) is 0 Å². The van der Waals surface area contributed by atoms with Gasteiger partial charge in [0, 0.05) is 38.8 Å². The number of nitrogens with one attached hydrogen (secondary N) is 2. The first kappa shape index (κ1) is 27.2. The minimum Gasteiger partial charge on any atom is -0.506 e. The number of hydrogen-bond acceptors (Lipinski definition) is 8. The molecule has 8 heteroatoms. The number of piperidine rings is 2. The molecule has 0 amide bonds. The summed E-state index contributed by atoms with van der Waals surface area (Å²) in [4.78, 5) is 13.5. The number of rotatable bonds is 9. The van der Waals surface area contributed by atoms with Crippen molar-refractivity contribution in [1.29, 1.82) is 0 Å². The largest absolute Gasteiger partial charge is 0.506 e. The third-order valence-corrected chi connectivity index (χ3v) is 8.27. The van der Waals surface area contributed by atoms with Gasteiger partial charge >= 0.3 is 0 Å². The zero-order valence-electron chi connectivity index (χ0n) is 23.2. The molecular formula is C31H42N6O2. The van der Waals surface area contributed by atoms with Crippen molar-refractivity contribution in [3.05, 3.63) is 72.1 Å². The zero-order valence-corrected chi connectivity index (χ0v) is 23.2. The SMILES string of the molecule is CC1(C)CCN(Cc2ccc(NCC3(O)CCN(c4cc(NCc5ccccc5)ncn4)CC3)c(O)c2)CC1. The zero-order chi connectivity index (χ0) is 27.3. The number of phenols is 1. The lowest BCUT2D eigenvalue weighted by Gasteiger charge is -2.39. The minimum atomic E-state index is -0.844. The normalized spacial score (nSPS) is 19.0. The number of likely N-dealkylation sites (tertiary alicyclic amines) is 1. The van der Waals surface area contributed by atoms with Gasteiger partial charge in [-0.2, -0.15) is 0 Å². The van der Waals surface area contributed by atoms with Gasteiger partial charge in [-0.05, 0) is 67.4 Å². The molecule has 0 bridgehead atoms. The molecule has 0 spiro atoms. The Hall–Kier alpha value is -3.36. The highest BCUT2D eigenvalue weighted by Gasteiger charge is 2.33. The highest BCUT2D eigenvalue weighted by molar-refractivity contribution is 5.57. The van der Waals surface area contributed by atoms with Crippen LogP contribution in [0, 0.1) is 5.41 Å². The molecule has 2 fully saturated rings. The molecule has 39 heavy (non-hydrogen) atoms. The van der Waals surface area contributed by atoms with Crippen LogP contribution >= 0.6 is 0 Å². The van der Waals surface area contributed by atoms with Crippen LogP contribution < -0.4 is 15.5 Å². The summed E-state index contributed by atoms with van der Waals surface area (Å²) in [7, 11) is 0. The number of aliphatic hydroxyl groups is 1. The molecule has 0 unspecified atom stereocenters. The Morgan fingerprint density at radius 1 is 0.846 bits per heavy atom. The van der Waals surface area contributed by atoms with Crippen molar-refractivity contribution in [1.82, 2.24) is 14.9 Å². The second-order valence-electron chi connectivity index (χ2n) is 12.0. The molecule has 5 rings (SSSR count). The number of nitrogens with zero attached hydrogens (tertiary/aromatic N) is 4. The van der Waals surface area contributed by atoms with Gasteiger partial charge in [-0.15, -0.1) is 0 Å². The summed E-state index contributed by atoms with van der Waals surface area (Å²) in [5.74, 6) is 1.89. The van der Waals surface area contributed by atoms with Crippen molar-refractivity contribution < 1.29 is 10.2 Å². The van der Waals surface area contributed by atoms with E-state index in [1.807, 2.05) is 36.4 Å². The summed E-state index contributed by atoms with van der Waals surface area (Å²) in [6.07, 6.45) is 5.22. The van der Waals surface area contributed by atoms with Crippen LogP contribution in [0.3, 0.4) is 0 Å². The lowest BCUT2D eigenvalue weighted by molar-refractivity contribution is 0.0289. The molecule has 0 radical (unpaired) electrons. The number of anilines is 3. The van der Waals surface area contributed by atoms with Crippen molar-refractivity contribution in [2.24, 2.45) is 5.41 Å². The van der Waals surface area contributed by atoms with Gasteiger partial charge < -0.3 is 25.7 Å². The summed E-state index contributed by atoms with van der Waals surface area (Å²) in [6.45, 7) is 10.2. The molecule has 2 aliphatic heterocycles. The molecule has 1 aromatic heterocycles. The van der Waals surface area contributed by atoms with E-state index < -0.39 is 5.60 Å². The first-order valence-corrected chi connectivity index (χ1v) is 14.1. The van der Waals surface area contributed by atoms with Gasteiger partial charge in [0.25, 0.3) is 0 Å². The number of phenolic OH excluding ortho intramolecular Hbond substituents is 1. The Kier molecular flexibility index (Phi) is 8.23. The van der Waals surface area contributed by atoms with E-state index in [4.69, 9.17) is 0 Å². The number of benzene rings is 2. The Morgan fingerprint density at radius 3 is 2.31 bits per heavy atom. The van der Waals surface area contributed by atoms with Crippen LogP contribution in [-0.2, 0) is 13.1 Å². The van der Waals surface area contributed by atoms with Gasteiger partial charge in [-0.25, -0.2) is 9.97 Å². The molecule has 2 aromatic carbocycles. The third kappa shape index (κ3) is 7.40. The van der Waals surface area contributed by atoms with E-state index in [1.165, 1.54) is 18.4 Å². The van der Waals surface area contributed by atoms with E-state index >= 15 is 0 Å². The van der Waals surface area contributed by atoms with Gasteiger partial charge in [-0.3, -0.25) is 4.90 Å². The number of hydrogen-bond donors (Lipinski definition) is 4. The van der Waals surface area contributed by atoms with Crippen LogP contribution in [0.4, 0.5) is 17.3 Å². The molecule has 2 saturated heterocycles. The molecule has 4 N–H and O–H groups in total. The molecule has 0 saturated carbocycles. The summed E-state index contributed by atoms with van der Waals surface area (Å²) >= 11 is 0. The topological polar surface area (TPSA) is 96.8 Å². The van der Waals surface area contributed by atoms with Gasteiger partial charge in [0.15, 0.2) is 0 Å². The fraction of sp³-hybridized carbons (Fsp3) is 0.484. The van der Waals surface area contributed by atoms with Crippen molar-refractivity contribution in [2.75, 3.05) is 48.3 Å². The lowest BCUT2D eigenvalue weighted by Crippen LogP contribution is -2.48. The van der Waals surface area contributed by atoms with Crippen LogP contribution in [0.5, 0.6) is 5.75 Å². The van der Waals surface area contributed by atoms with E-state index in [1.54, 1.807) is 6.33 Å². The average Bonchev–Trinajstić information content (AvgIpc) is 2.94. The Morgan fingerprint density at radius 2 is 1.59 bits per heavy atom. The van der Waals surface area contributed by atoms with Gasteiger partial charge in [0.1, 0.15) is 23.7 Å². The molecule has 0 atom stereocenters. The van der Waals surface area contributed by atoms with Crippen molar-refractivity contribution in [3.8, 4) is 5.75 Å². The quantitative estimate of drug-likeness (QED) is 0.291. The second-order valence-corrected chi connectivity index (χ2v) is 12.0. The number of aromatic hydroxyl groups is 1. The monoisotopic (exact) mass is 530 g/mol. The molecule has 8 nitrogen and oxygen atoms in total.